The van der Waals surface area contributed by atoms with Crippen molar-refractivity contribution in [2.24, 2.45) is 5.10 Å². The summed E-state index contributed by atoms with van der Waals surface area (Å²) in [7, 11) is 3.18. The highest BCUT2D eigenvalue weighted by Gasteiger charge is 2.09. The van der Waals surface area contributed by atoms with E-state index in [1.807, 2.05) is 45.0 Å². The summed E-state index contributed by atoms with van der Waals surface area (Å²) in [5, 5.41) is 7.28. The summed E-state index contributed by atoms with van der Waals surface area (Å²) < 4.78 is 10.5. The molecule has 0 aliphatic carbocycles. The van der Waals surface area contributed by atoms with Crippen LogP contribution in [0.1, 0.15) is 23.6 Å². The van der Waals surface area contributed by atoms with Crippen LogP contribution in [-0.2, 0) is 4.79 Å². The van der Waals surface area contributed by atoms with E-state index in [4.69, 9.17) is 9.47 Å². The molecule has 138 valence electrons. The topological polar surface area (TPSA) is 72.0 Å². The predicted molar refractivity (Wildman–Crippen MR) is 104 cm³/mol. The normalized spacial score (nSPS) is 11.0. The summed E-state index contributed by atoms with van der Waals surface area (Å²) in [6, 6.07) is 11.5. The number of carbonyl (C=O) groups is 1. The molecule has 0 bridgehead atoms. The van der Waals surface area contributed by atoms with Gasteiger partial charge in [0.15, 0.2) is 0 Å². The molecule has 0 aliphatic heterocycles. The molecular weight excluding hydrogens is 330 g/mol. The van der Waals surface area contributed by atoms with Crippen LogP contribution in [0.5, 0.6) is 11.5 Å². The highest BCUT2D eigenvalue weighted by Crippen LogP contribution is 2.25. The Bertz CT molecular complexity index is 816. The van der Waals surface area contributed by atoms with Crippen molar-refractivity contribution in [1.29, 1.82) is 0 Å². The van der Waals surface area contributed by atoms with Gasteiger partial charge in [-0.2, -0.15) is 5.10 Å². The van der Waals surface area contributed by atoms with Crippen LogP contribution < -0.4 is 20.2 Å². The van der Waals surface area contributed by atoms with Gasteiger partial charge in [0.05, 0.1) is 26.5 Å². The fourth-order valence-electron chi connectivity index (χ4n) is 2.53. The Morgan fingerprint density at radius 1 is 1.08 bits per heavy atom. The first-order chi connectivity index (χ1) is 12.4. The maximum Gasteiger partial charge on any atom is 0.259 e. The minimum Gasteiger partial charge on any atom is -0.497 e. The zero-order valence-electron chi connectivity index (χ0n) is 15.8. The molecule has 6 heteroatoms. The minimum absolute atomic E-state index is 0.139. The van der Waals surface area contributed by atoms with Crippen molar-refractivity contribution in [3.8, 4) is 11.5 Å². The molecule has 0 heterocycles. The third-order valence-corrected chi connectivity index (χ3v) is 3.97. The highest BCUT2D eigenvalue weighted by atomic mass is 16.5. The van der Waals surface area contributed by atoms with E-state index in [1.54, 1.807) is 20.3 Å². The van der Waals surface area contributed by atoms with Crippen LogP contribution in [0.3, 0.4) is 0 Å². The van der Waals surface area contributed by atoms with Gasteiger partial charge < -0.3 is 14.8 Å². The molecule has 0 unspecified atom stereocenters. The number of carbonyl (C=O) groups excluding carboxylic acids is 1. The van der Waals surface area contributed by atoms with Gasteiger partial charge in [0.2, 0.25) is 0 Å². The molecule has 2 N–H and O–H groups in total. The summed E-state index contributed by atoms with van der Waals surface area (Å²) in [4.78, 5) is 12.1. The Labute approximate surface area is 154 Å². The molecular formula is C20H25N3O3. The van der Waals surface area contributed by atoms with Gasteiger partial charge in [-0.3, -0.25) is 4.79 Å². The van der Waals surface area contributed by atoms with Crippen molar-refractivity contribution in [2.45, 2.75) is 20.8 Å². The number of aryl methyl sites for hydroxylation is 2. The Hall–Kier alpha value is -3.02. The number of benzene rings is 2. The van der Waals surface area contributed by atoms with Gasteiger partial charge in [-0.1, -0.05) is 17.7 Å². The second-order valence-electron chi connectivity index (χ2n) is 5.97. The number of amides is 1. The second-order valence-corrected chi connectivity index (χ2v) is 5.97. The molecule has 0 saturated heterocycles. The largest absolute Gasteiger partial charge is 0.497 e. The van der Waals surface area contributed by atoms with Crippen molar-refractivity contribution in [3.05, 3.63) is 53.1 Å². The van der Waals surface area contributed by atoms with Crippen molar-refractivity contribution in [2.75, 3.05) is 26.1 Å². The molecule has 0 aromatic heterocycles. The fourth-order valence-corrected chi connectivity index (χ4v) is 2.53. The molecule has 0 spiro atoms. The van der Waals surface area contributed by atoms with Crippen LogP contribution in [0.2, 0.25) is 0 Å². The van der Waals surface area contributed by atoms with E-state index in [2.05, 4.69) is 21.9 Å². The second kappa shape index (κ2) is 8.89. The monoisotopic (exact) mass is 355 g/mol. The van der Waals surface area contributed by atoms with E-state index in [0.717, 1.165) is 16.8 Å². The van der Waals surface area contributed by atoms with Crippen molar-refractivity contribution >= 4 is 17.3 Å². The number of hydrazone groups is 1. The molecule has 2 aromatic carbocycles. The predicted octanol–water partition coefficient (Wildman–Crippen LogP) is 3.27. The van der Waals surface area contributed by atoms with E-state index < -0.39 is 0 Å². The van der Waals surface area contributed by atoms with E-state index >= 15 is 0 Å². The quantitative estimate of drug-likeness (QED) is 0.591. The third kappa shape index (κ3) is 4.99. The number of rotatable bonds is 7. The number of nitrogens with one attached hydrogen (secondary N) is 2. The average molecular weight is 355 g/mol. The number of methoxy groups -OCH3 is 2. The van der Waals surface area contributed by atoms with Crippen LogP contribution >= 0.6 is 0 Å². The van der Waals surface area contributed by atoms with Gasteiger partial charge in [0.1, 0.15) is 11.5 Å². The molecule has 2 aromatic rings. The molecule has 0 aliphatic rings. The molecule has 0 radical (unpaired) electrons. The van der Waals surface area contributed by atoms with Crippen LogP contribution in [0.25, 0.3) is 0 Å². The number of hydrogen-bond acceptors (Lipinski definition) is 5. The molecule has 6 nitrogen and oxygen atoms in total. The average Bonchev–Trinajstić information content (AvgIpc) is 2.64. The van der Waals surface area contributed by atoms with Gasteiger partial charge in [0.25, 0.3) is 5.91 Å². The first kappa shape index (κ1) is 19.3. The molecule has 2 rings (SSSR count). The standard InChI is InChI=1S/C20H25N3O3/c1-13-6-9-18(14(2)10-13)21-12-20(24)23-22-15(3)17-8-7-16(25-4)11-19(17)26-5/h6-11,21H,12H2,1-5H3,(H,23,24)/b22-15-. The lowest BCUT2D eigenvalue weighted by Crippen LogP contribution is -2.27. The van der Waals surface area contributed by atoms with Crippen LogP contribution in [0.15, 0.2) is 41.5 Å². The van der Waals surface area contributed by atoms with Gasteiger partial charge >= 0.3 is 0 Å². The summed E-state index contributed by atoms with van der Waals surface area (Å²) in [5.74, 6) is 1.10. The zero-order chi connectivity index (χ0) is 19.1. The lowest BCUT2D eigenvalue weighted by Gasteiger charge is -2.11. The number of ether oxygens (including phenoxy) is 2. The van der Waals surface area contributed by atoms with Gasteiger partial charge in [0, 0.05) is 17.3 Å². The first-order valence-corrected chi connectivity index (χ1v) is 8.31. The maximum atomic E-state index is 12.1. The number of nitrogens with zero attached hydrogens (tertiary/aromatic N) is 1. The molecule has 0 atom stereocenters. The van der Waals surface area contributed by atoms with Gasteiger partial charge in [-0.15, -0.1) is 0 Å². The Morgan fingerprint density at radius 2 is 1.85 bits per heavy atom. The molecule has 1 amide bonds. The Morgan fingerprint density at radius 3 is 2.50 bits per heavy atom. The summed E-state index contributed by atoms with van der Waals surface area (Å²) in [5.41, 5.74) is 7.21. The number of hydrogen-bond donors (Lipinski definition) is 2. The SMILES string of the molecule is COc1ccc(/C(C)=N\NC(=O)CNc2ccc(C)cc2C)c(OC)c1. The van der Waals surface area contributed by atoms with Crippen molar-refractivity contribution in [3.63, 3.8) is 0 Å². The van der Waals surface area contributed by atoms with E-state index in [1.165, 1.54) is 5.56 Å². The van der Waals surface area contributed by atoms with Crippen LogP contribution in [0.4, 0.5) is 5.69 Å². The van der Waals surface area contributed by atoms with E-state index in [9.17, 15) is 4.79 Å². The molecule has 0 fully saturated rings. The summed E-state index contributed by atoms with van der Waals surface area (Å²) in [6.07, 6.45) is 0. The van der Waals surface area contributed by atoms with Crippen LogP contribution in [-0.4, -0.2) is 32.4 Å². The zero-order valence-corrected chi connectivity index (χ0v) is 15.8. The van der Waals surface area contributed by atoms with Crippen molar-refractivity contribution < 1.29 is 14.3 Å². The summed E-state index contributed by atoms with van der Waals surface area (Å²) >= 11 is 0. The smallest absolute Gasteiger partial charge is 0.259 e. The maximum absolute atomic E-state index is 12.1. The van der Waals surface area contributed by atoms with E-state index in [0.29, 0.717) is 17.2 Å². The molecule has 26 heavy (non-hydrogen) atoms. The third-order valence-electron chi connectivity index (χ3n) is 3.97. The first-order valence-electron chi connectivity index (χ1n) is 8.31. The fraction of sp³-hybridized carbons (Fsp3) is 0.300. The van der Waals surface area contributed by atoms with Gasteiger partial charge in [-0.05, 0) is 44.5 Å². The van der Waals surface area contributed by atoms with Crippen molar-refractivity contribution in [1.82, 2.24) is 5.43 Å². The minimum atomic E-state index is -0.225. The number of anilines is 1. The summed E-state index contributed by atoms with van der Waals surface area (Å²) in [6.45, 7) is 5.99. The lowest BCUT2D eigenvalue weighted by molar-refractivity contribution is -0.119. The van der Waals surface area contributed by atoms with Gasteiger partial charge in [-0.25, -0.2) is 5.43 Å². The Balaban J connectivity index is 1.98. The molecule has 0 saturated carbocycles. The Kier molecular flexibility index (Phi) is 6.60. The van der Waals surface area contributed by atoms with E-state index in [-0.39, 0.29) is 12.5 Å². The highest BCUT2D eigenvalue weighted by molar-refractivity contribution is 6.01. The lowest BCUT2D eigenvalue weighted by atomic mass is 10.1. The van der Waals surface area contributed by atoms with Crippen LogP contribution in [0, 0.1) is 13.8 Å².